The van der Waals surface area contributed by atoms with Crippen molar-refractivity contribution in [2.75, 3.05) is 6.54 Å². The minimum Gasteiger partial charge on any atom is -0.328 e. The molecular formula is C8H18N2. The number of rotatable bonds is 0. The summed E-state index contributed by atoms with van der Waals surface area (Å²) in [5.74, 6) is 0. The molecule has 0 aromatic heterocycles. The van der Waals surface area contributed by atoms with E-state index in [4.69, 9.17) is 5.73 Å². The lowest BCUT2D eigenvalue weighted by Crippen LogP contribution is -2.16. The highest BCUT2D eigenvalue weighted by atomic mass is 14.9. The average molecular weight is 142 g/mol. The minimum atomic E-state index is 0.583. The Hall–Kier alpha value is -0.0800. The molecule has 1 atom stereocenters. The Morgan fingerprint density at radius 3 is 2.00 bits per heavy atom. The van der Waals surface area contributed by atoms with Gasteiger partial charge in [0.15, 0.2) is 0 Å². The lowest BCUT2D eigenvalue weighted by Gasteiger charge is -1.95. The van der Waals surface area contributed by atoms with Gasteiger partial charge in [0.1, 0.15) is 0 Å². The Bertz CT molecular complexity index is 83.3. The standard InChI is InChI=1S/C5H11N.C3H7N/c1-5-3-2-4-6-5;4-3-1-2-3/h5-6H,2-4H2,1H3;3H,1-2,4H2. The van der Waals surface area contributed by atoms with E-state index in [0.717, 1.165) is 6.04 Å². The molecule has 1 heterocycles. The molecule has 1 saturated heterocycles. The third-order valence-corrected chi connectivity index (χ3v) is 1.93. The summed E-state index contributed by atoms with van der Waals surface area (Å²) in [5, 5.41) is 3.32. The Kier molecular flexibility index (Phi) is 3.16. The van der Waals surface area contributed by atoms with Gasteiger partial charge in [0.05, 0.1) is 0 Å². The predicted octanol–water partition coefficient (Wildman–Crippen LogP) is 0.866. The molecule has 0 aromatic rings. The van der Waals surface area contributed by atoms with E-state index in [2.05, 4.69) is 12.2 Å². The van der Waals surface area contributed by atoms with E-state index in [1.54, 1.807) is 0 Å². The second kappa shape index (κ2) is 3.94. The van der Waals surface area contributed by atoms with Gasteiger partial charge in [-0.15, -0.1) is 0 Å². The Morgan fingerprint density at radius 1 is 1.30 bits per heavy atom. The van der Waals surface area contributed by atoms with Crippen LogP contribution in [0.25, 0.3) is 0 Å². The van der Waals surface area contributed by atoms with Gasteiger partial charge >= 0.3 is 0 Å². The molecular weight excluding hydrogens is 124 g/mol. The van der Waals surface area contributed by atoms with Crippen LogP contribution in [-0.4, -0.2) is 18.6 Å². The first-order valence-corrected chi connectivity index (χ1v) is 4.28. The van der Waals surface area contributed by atoms with E-state index in [1.807, 2.05) is 0 Å². The van der Waals surface area contributed by atoms with Crippen molar-refractivity contribution in [1.29, 1.82) is 0 Å². The van der Waals surface area contributed by atoms with Crippen LogP contribution in [0.5, 0.6) is 0 Å². The van der Waals surface area contributed by atoms with E-state index < -0.39 is 0 Å². The molecule has 1 saturated carbocycles. The van der Waals surface area contributed by atoms with Crippen molar-refractivity contribution < 1.29 is 0 Å². The summed E-state index contributed by atoms with van der Waals surface area (Å²) in [6, 6.07) is 1.38. The second-order valence-corrected chi connectivity index (χ2v) is 3.33. The van der Waals surface area contributed by atoms with Crippen LogP contribution in [0.3, 0.4) is 0 Å². The molecule has 2 rings (SSSR count). The summed E-state index contributed by atoms with van der Waals surface area (Å²) < 4.78 is 0. The SMILES string of the molecule is CC1CCCN1.NC1CC1. The molecule has 0 amide bonds. The smallest absolute Gasteiger partial charge is 0.00399 e. The Labute approximate surface area is 63.2 Å². The van der Waals surface area contributed by atoms with Crippen LogP contribution < -0.4 is 11.1 Å². The summed E-state index contributed by atoms with van der Waals surface area (Å²) >= 11 is 0. The fraction of sp³-hybridized carbons (Fsp3) is 1.00. The van der Waals surface area contributed by atoms with E-state index >= 15 is 0 Å². The molecule has 2 aliphatic rings. The molecule has 1 unspecified atom stereocenters. The normalized spacial score (nSPS) is 31.2. The van der Waals surface area contributed by atoms with Crippen LogP contribution in [0.1, 0.15) is 32.6 Å². The maximum atomic E-state index is 5.22. The van der Waals surface area contributed by atoms with Crippen LogP contribution in [0.4, 0.5) is 0 Å². The first-order chi connectivity index (χ1) is 4.79. The van der Waals surface area contributed by atoms with Crippen molar-refractivity contribution >= 4 is 0 Å². The number of hydrogen-bond acceptors (Lipinski definition) is 2. The van der Waals surface area contributed by atoms with Crippen molar-refractivity contribution in [3.63, 3.8) is 0 Å². The lowest BCUT2D eigenvalue weighted by molar-refractivity contribution is 0.664. The fourth-order valence-electron chi connectivity index (χ4n) is 0.955. The maximum absolute atomic E-state index is 5.22. The predicted molar refractivity (Wildman–Crippen MR) is 43.9 cm³/mol. The summed E-state index contributed by atoms with van der Waals surface area (Å²) in [7, 11) is 0. The van der Waals surface area contributed by atoms with E-state index in [9.17, 15) is 0 Å². The summed E-state index contributed by atoms with van der Waals surface area (Å²) in [4.78, 5) is 0. The zero-order valence-electron chi connectivity index (χ0n) is 6.77. The second-order valence-electron chi connectivity index (χ2n) is 3.33. The quantitative estimate of drug-likeness (QED) is 0.526. The molecule has 10 heavy (non-hydrogen) atoms. The van der Waals surface area contributed by atoms with Crippen LogP contribution in [0.2, 0.25) is 0 Å². The fourth-order valence-corrected chi connectivity index (χ4v) is 0.955. The summed E-state index contributed by atoms with van der Waals surface area (Å²) in [6.07, 6.45) is 5.28. The third-order valence-electron chi connectivity index (χ3n) is 1.93. The zero-order chi connectivity index (χ0) is 7.40. The molecule has 2 fully saturated rings. The van der Waals surface area contributed by atoms with Crippen LogP contribution in [-0.2, 0) is 0 Å². The van der Waals surface area contributed by atoms with Gasteiger partial charge in [-0.2, -0.15) is 0 Å². The van der Waals surface area contributed by atoms with Crippen molar-refractivity contribution in [3.8, 4) is 0 Å². The Morgan fingerprint density at radius 2 is 1.90 bits per heavy atom. The molecule has 0 bridgehead atoms. The van der Waals surface area contributed by atoms with Crippen LogP contribution in [0.15, 0.2) is 0 Å². The van der Waals surface area contributed by atoms with Crippen LogP contribution in [0, 0.1) is 0 Å². The number of nitrogens with one attached hydrogen (secondary N) is 1. The Balaban J connectivity index is 0.000000108. The van der Waals surface area contributed by atoms with E-state index in [-0.39, 0.29) is 0 Å². The third kappa shape index (κ3) is 3.85. The van der Waals surface area contributed by atoms with Crippen LogP contribution >= 0.6 is 0 Å². The van der Waals surface area contributed by atoms with Gasteiger partial charge in [0.25, 0.3) is 0 Å². The molecule has 1 aliphatic heterocycles. The van der Waals surface area contributed by atoms with Crippen molar-refractivity contribution in [3.05, 3.63) is 0 Å². The molecule has 0 spiro atoms. The average Bonchev–Trinajstić information content (AvgIpc) is 2.50. The zero-order valence-corrected chi connectivity index (χ0v) is 6.77. The molecule has 3 N–H and O–H groups in total. The van der Waals surface area contributed by atoms with Gasteiger partial charge in [-0.3, -0.25) is 0 Å². The van der Waals surface area contributed by atoms with E-state index in [1.165, 1.54) is 32.2 Å². The molecule has 0 radical (unpaired) electrons. The maximum Gasteiger partial charge on any atom is 0.00399 e. The molecule has 0 aromatic carbocycles. The van der Waals surface area contributed by atoms with Gasteiger partial charge in [0.2, 0.25) is 0 Å². The number of hydrogen-bond donors (Lipinski definition) is 2. The van der Waals surface area contributed by atoms with Gasteiger partial charge in [-0.1, -0.05) is 0 Å². The molecule has 60 valence electrons. The topological polar surface area (TPSA) is 38.0 Å². The lowest BCUT2D eigenvalue weighted by atomic mass is 10.3. The highest BCUT2D eigenvalue weighted by Gasteiger charge is 2.13. The van der Waals surface area contributed by atoms with Gasteiger partial charge in [-0.25, -0.2) is 0 Å². The van der Waals surface area contributed by atoms with Crippen molar-refractivity contribution in [2.45, 2.75) is 44.7 Å². The first kappa shape index (κ1) is 8.02. The van der Waals surface area contributed by atoms with Gasteiger partial charge in [0, 0.05) is 12.1 Å². The molecule has 2 nitrogen and oxygen atoms in total. The monoisotopic (exact) mass is 142 g/mol. The first-order valence-electron chi connectivity index (χ1n) is 4.28. The van der Waals surface area contributed by atoms with Gasteiger partial charge in [-0.05, 0) is 39.2 Å². The van der Waals surface area contributed by atoms with Crippen molar-refractivity contribution in [1.82, 2.24) is 5.32 Å². The van der Waals surface area contributed by atoms with Gasteiger partial charge < -0.3 is 11.1 Å². The minimum absolute atomic E-state index is 0.583. The van der Waals surface area contributed by atoms with Crippen molar-refractivity contribution in [2.24, 2.45) is 5.73 Å². The highest BCUT2D eigenvalue weighted by molar-refractivity contribution is 4.75. The summed E-state index contributed by atoms with van der Waals surface area (Å²) in [6.45, 7) is 3.47. The largest absolute Gasteiger partial charge is 0.328 e. The van der Waals surface area contributed by atoms with E-state index in [0.29, 0.717) is 6.04 Å². The number of nitrogens with two attached hydrogens (primary N) is 1. The highest BCUT2D eigenvalue weighted by Crippen LogP contribution is 2.13. The molecule has 1 aliphatic carbocycles. The molecule has 2 heteroatoms. The summed E-state index contributed by atoms with van der Waals surface area (Å²) in [5.41, 5.74) is 5.22.